The molecule has 0 atom stereocenters. The topological polar surface area (TPSA) is 71.1 Å². The van der Waals surface area contributed by atoms with E-state index in [1.54, 1.807) is 0 Å². The van der Waals surface area contributed by atoms with Gasteiger partial charge in [-0.05, 0) is 26.1 Å². The average molecular weight is 174 g/mol. The van der Waals surface area contributed by atoms with E-state index in [0.29, 0.717) is 5.95 Å². The molecular formula is C5H10N4OS. The summed E-state index contributed by atoms with van der Waals surface area (Å²) >= 11 is 4.65. The molecule has 0 saturated carbocycles. The minimum absolute atomic E-state index is 0.158. The largest absolute Gasteiger partial charge is 0.346 e. The van der Waals surface area contributed by atoms with Crippen LogP contribution < -0.4 is 10.9 Å². The van der Waals surface area contributed by atoms with Gasteiger partial charge in [-0.3, -0.25) is 5.01 Å². The second-order valence-corrected chi connectivity index (χ2v) is 2.76. The van der Waals surface area contributed by atoms with E-state index >= 15 is 0 Å². The van der Waals surface area contributed by atoms with Crippen LogP contribution in [0.1, 0.15) is 13.8 Å². The van der Waals surface area contributed by atoms with E-state index in [-0.39, 0.29) is 10.9 Å². The van der Waals surface area contributed by atoms with E-state index in [4.69, 9.17) is 10.4 Å². The van der Waals surface area contributed by atoms with Gasteiger partial charge in [-0.1, -0.05) is 0 Å². The predicted octanol–water partition coefficient (Wildman–Crippen LogP) is 0.821. The number of aromatic nitrogens is 2. The number of hydrogen-bond acceptors (Lipinski definition) is 5. The van der Waals surface area contributed by atoms with Crippen LogP contribution in [0.4, 0.5) is 5.95 Å². The molecule has 0 aliphatic carbocycles. The molecule has 0 aliphatic heterocycles. The molecule has 0 aliphatic rings. The van der Waals surface area contributed by atoms with Crippen LogP contribution in [-0.4, -0.2) is 16.2 Å². The number of anilines is 1. The highest BCUT2D eigenvalue weighted by molar-refractivity contribution is 7.71. The summed E-state index contributed by atoms with van der Waals surface area (Å²) in [6.07, 6.45) is 0. The zero-order valence-corrected chi connectivity index (χ0v) is 7.18. The first-order chi connectivity index (χ1) is 5.11. The first-order valence-electron chi connectivity index (χ1n) is 3.20. The molecule has 0 saturated heterocycles. The first kappa shape index (κ1) is 8.22. The summed E-state index contributed by atoms with van der Waals surface area (Å²) in [6.45, 7) is 3.87. The lowest BCUT2D eigenvalue weighted by molar-refractivity contribution is 0.403. The number of nitrogens with zero attached hydrogens (tertiary/aromatic N) is 2. The number of nitrogens with one attached hydrogen (secondary N) is 1. The van der Waals surface area contributed by atoms with Crippen molar-refractivity contribution in [2.75, 3.05) is 5.01 Å². The Morgan fingerprint density at radius 2 is 2.36 bits per heavy atom. The molecule has 1 heterocycles. The molecule has 1 aromatic heterocycles. The molecule has 0 bridgehead atoms. The maximum absolute atomic E-state index is 5.58. The van der Waals surface area contributed by atoms with Crippen LogP contribution in [0.25, 0.3) is 0 Å². The second-order valence-electron chi connectivity index (χ2n) is 2.41. The summed E-state index contributed by atoms with van der Waals surface area (Å²) in [4.78, 5) is 3.99. The van der Waals surface area contributed by atoms with Crippen molar-refractivity contribution in [1.82, 2.24) is 10.1 Å². The van der Waals surface area contributed by atoms with Crippen LogP contribution in [0, 0.1) is 4.84 Å². The lowest BCUT2D eigenvalue weighted by Crippen LogP contribution is -2.38. The van der Waals surface area contributed by atoms with Gasteiger partial charge in [-0.25, -0.2) is 5.84 Å². The van der Waals surface area contributed by atoms with Gasteiger partial charge in [0.05, 0.1) is 0 Å². The molecule has 0 aromatic carbocycles. The number of H-pyrrole nitrogens is 1. The van der Waals surface area contributed by atoms with E-state index in [2.05, 4.69) is 22.4 Å². The number of hydrogen-bond donors (Lipinski definition) is 2. The third-order valence-corrected chi connectivity index (χ3v) is 1.40. The van der Waals surface area contributed by atoms with Crippen molar-refractivity contribution in [2.24, 2.45) is 5.84 Å². The smallest absolute Gasteiger partial charge is 0.315 e. The fourth-order valence-electron chi connectivity index (χ4n) is 0.576. The Kier molecular flexibility index (Phi) is 2.25. The summed E-state index contributed by atoms with van der Waals surface area (Å²) in [5.41, 5.74) is 0. The van der Waals surface area contributed by atoms with Crippen molar-refractivity contribution in [2.45, 2.75) is 19.9 Å². The quantitative estimate of drug-likeness (QED) is 0.394. The Morgan fingerprint density at radius 1 is 1.73 bits per heavy atom. The summed E-state index contributed by atoms with van der Waals surface area (Å²) in [5, 5.41) is 3.94. The van der Waals surface area contributed by atoms with Gasteiger partial charge >= 0.3 is 4.84 Å². The highest BCUT2D eigenvalue weighted by Crippen LogP contribution is 2.04. The van der Waals surface area contributed by atoms with Crippen molar-refractivity contribution in [3.05, 3.63) is 4.84 Å². The van der Waals surface area contributed by atoms with Crippen molar-refractivity contribution < 1.29 is 4.52 Å². The van der Waals surface area contributed by atoms with E-state index in [1.165, 1.54) is 5.01 Å². The van der Waals surface area contributed by atoms with Gasteiger partial charge in [0.15, 0.2) is 0 Å². The third kappa shape index (κ3) is 1.78. The van der Waals surface area contributed by atoms with Crippen molar-refractivity contribution in [3.63, 3.8) is 0 Å². The zero-order chi connectivity index (χ0) is 8.43. The molecular weight excluding hydrogens is 164 g/mol. The summed E-state index contributed by atoms with van der Waals surface area (Å²) in [6, 6.07) is 0.158. The second kappa shape index (κ2) is 3.02. The Bertz CT molecular complexity index is 278. The fraction of sp³-hybridized carbons (Fsp3) is 0.600. The van der Waals surface area contributed by atoms with Crippen LogP contribution in [0.2, 0.25) is 0 Å². The Hall–Kier alpha value is -0.880. The molecule has 0 fully saturated rings. The third-order valence-electron chi connectivity index (χ3n) is 1.23. The molecule has 0 spiro atoms. The van der Waals surface area contributed by atoms with Gasteiger partial charge in [0.25, 0.3) is 5.95 Å². The van der Waals surface area contributed by atoms with Crippen molar-refractivity contribution in [1.29, 1.82) is 0 Å². The summed E-state index contributed by atoms with van der Waals surface area (Å²) in [5.74, 6) is 6.03. The molecule has 5 nitrogen and oxygen atoms in total. The number of aromatic amines is 1. The van der Waals surface area contributed by atoms with E-state index in [1.807, 2.05) is 13.8 Å². The molecule has 0 radical (unpaired) electrons. The maximum Gasteiger partial charge on any atom is 0.315 e. The summed E-state index contributed by atoms with van der Waals surface area (Å²) < 4.78 is 4.69. The number of nitrogens with two attached hydrogens (primary N) is 1. The number of rotatable bonds is 2. The lowest BCUT2D eigenvalue weighted by Gasteiger charge is -2.17. The normalized spacial score (nSPS) is 10.5. The average Bonchev–Trinajstić information content (AvgIpc) is 2.34. The van der Waals surface area contributed by atoms with Gasteiger partial charge in [0.2, 0.25) is 0 Å². The van der Waals surface area contributed by atoms with Crippen LogP contribution in [0.15, 0.2) is 4.52 Å². The van der Waals surface area contributed by atoms with Gasteiger partial charge in [0, 0.05) is 6.04 Å². The highest BCUT2D eigenvalue weighted by atomic mass is 32.1. The highest BCUT2D eigenvalue weighted by Gasteiger charge is 2.08. The standard InChI is InChI=1S/C5H10N4OS/c1-3(2)9(6)4-7-5(11)10-8-4/h3H,6H2,1-2H3,(H,7,8,11). The Morgan fingerprint density at radius 3 is 2.73 bits per heavy atom. The minimum atomic E-state index is 0.158. The fourth-order valence-corrected chi connectivity index (χ4v) is 0.705. The van der Waals surface area contributed by atoms with E-state index < -0.39 is 0 Å². The Balaban J connectivity index is 2.84. The SMILES string of the molecule is CC(C)N(N)c1nc(=S)o[nH]1. The monoisotopic (exact) mass is 174 g/mol. The first-order valence-corrected chi connectivity index (χ1v) is 3.61. The van der Waals surface area contributed by atoms with Crippen molar-refractivity contribution in [3.8, 4) is 0 Å². The lowest BCUT2D eigenvalue weighted by atomic mass is 10.4. The molecule has 1 rings (SSSR count). The maximum atomic E-state index is 5.58. The Labute approximate surface area is 69.1 Å². The van der Waals surface area contributed by atoms with Gasteiger partial charge in [-0.2, -0.15) is 10.1 Å². The predicted molar refractivity (Wildman–Crippen MR) is 43.5 cm³/mol. The van der Waals surface area contributed by atoms with Crippen molar-refractivity contribution >= 4 is 18.2 Å². The molecule has 0 unspecified atom stereocenters. The molecule has 3 N–H and O–H groups in total. The molecule has 11 heavy (non-hydrogen) atoms. The molecule has 6 heteroatoms. The van der Waals surface area contributed by atoms with Gasteiger partial charge in [0.1, 0.15) is 0 Å². The van der Waals surface area contributed by atoms with E-state index in [9.17, 15) is 0 Å². The summed E-state index contributed by atoms with van der Waals surface area (Å²) in [7, 11) is 0. The van der Waals surface area contributed by atoms with E-state index in [0.717, 1.165) is 0 Å². The van der Waals surface area contributed by atoms with Crippen LogP contribution in [0.5, 0.6) is 0 Å². The zero-order valence-electron chi connectivity index (χ0n) is 6.37. The molecule has 62 valence electrons. The van der Waals surface area contributed by atoms with Crippen LogP contribution in [0.3, 0.4) is 0 Å². The molecule has 0 amide bonds. The molecule has 1 aromatic rings. The van der Waals surface area contributed by atoms with Crippen LogP contribution in [-0.2, 0) is 0 Å². The minimum Gasteiger partial charge on any atom is -0.346 e. The van der Waals surface area contributed by atoms with Gasteiger partial charge < -0.3 is 4.52 Å². The van der Waals surface area contributed by atoms with Crippen LogP contribution >= 0.6 is 12.2 Å². The van der Waals surface area contributed by atoms with Gasteiger partial charge in [-0.15, -0.1) is 0 Å². The number of hydrazine groups is 1.